The summed E-state index contributed by atoms with van der Waals surface area (Å²) in [4.78, 5) is 13.0. The van der Waals surface area contributed by atoms with Crippen LogP contribution in [0.5, 0.6) is 0 Å². The summed E-state index contributed by atoms with van der Waals surface area (Å²) >= 11 is 0. The zero-order valence-corrected chi connectivity index (χ0v) is 10.3. The fourth-order valence-electron chi connectivity index (χ4n) is 1.15. The molecule has 1 aromatic carbocycles. The van der Waals surface area contributed by atoms with E-state index in [2.05, 4.69) is 0 Å². The number of carbonyl (C=O) groups is 1. The first-order valence-corrected chi connectivity index (χ1v) is 5.33. The highest BCUT2D eigenvalue weighted by molar-refractivity contribution is 6.14. The molecule has 0 bridgehead atoms. The maximum Gasteiger partial charge on any atom is 0.339 e. The Labute approximate surface area is 101 Å². The first kappa shape index (κ1) is 13.3. The van der Waals surface area contributed by atoms with Crippen LogP contribution in [0.15, 0.2) is 36.6 Å². The molecule has 0 aliphatic heterocycles. The van der Waals surface area contributed by atoms with Gasteiger partial charge in [-0.15, -0.1) is 0 Å². The fourth-order valence-corrected chi connectivity index (χ4v) is 1.15. The summed E-state index contributed by atoms with van der Waals surface area (Å²) in [5.74, 6) is -0.998. The van der Waals surface area contributed by atoms with E-state index in [1.54, 1.807) is 24.3 Å². The lowest BCUT2D eigenvalue weighted by Gasteiger charge is -2.19. The number of ether oxygens (including phenoxy) is 1. The quantitative estimate of drug-likeness (QED) is 0.482. The van der Waals surface area contributed by atoms with Crippen molar-refractivity contribution < 1.29 is 14.6 Å². The SMILES string of the molecule is CC(OC=C(C(=O)O)c1ccccc1)N(C)C. The van der Waals surface area contributed by atoms with Gasteiger partial charge in [0.2, 0.25) is 0 Å². The van der Waals surface area contributed by atoms with Crippen LogP contribution in [0.3, 0.4) is 0 Å². The summed E-state index contributed by atoms with van der Waals surface area (Å²) in [6, 6.07) is 8.91. The van der Waals surface area contributed by atoms with E-state index >= 15 is 0 Å². The molecule has 0 spiro atoms. The van der Waals surface area contributed by atoms with Crippen LogP contribution in [0, 0.1) is 0 Å². The van der Waals surface area contributed by atoms with Crippen molar-refractivity contribution in [2.75, 3.05) is 14.1 Å². The van der Waals surface area contributed by atoms with Gasteiger partial charge in [-0.2, -0.15) is 0 Å². The number of benzene rings is 1. The molecule has 0 radical (unpaired) electrons. The molecule has 0 aliphatic rings. The second-order valence-electron chi connectivity index (χ2n) is 3.90. The molecule has 0 aliphatic carbocycles. The van der Waals surface area contributed by atoms with Crippen LogP contribution in [-0.4, -0.2) is 36.3 Å². The van der Waals surface area contributed by atoms with E-state index in [4.69, 9.17) is 9.84 Å². The molecule has 0 aromatic heterocycles. The number of hydrogen-bond acceptors (Lipinski definition) is 3. The second-order valence-corrected chi connectivity index (χ2v) is 3.90. The Bertz CT molecular complexity index is 398. The predicted molar refractivity (Wildman–Crippen MR) is 66.3 cm³/mol. The third kappa shape index (κ3) is 3.92. The topological polar surface area (TPSA) is 49.8 Å². The Morgan fingerprint density at radius 3 is 2.41 bits per heavy atom. The van der Waals surface area contributed by atoms with Gasteiger partial charge in [-0.05, 0) is 26.6 Å². The molecule has 0 fully saturated rings. The first-order valence-electron chi connectivity index (χ1n) is 5.33. The van der Waals surface area contributed by atoms with E-state index in [-0.39, 0.29) is 11.8 Å². The highest BCUT2D eigenvalue weighted by Crippen LogP contribution is 2.15. The summed E-state index contributed by atoms with van der Waals surface area (Å²) in [5, 5.41) is 9.12. The van der Waals surface area contributed by atoms with Gasteiger partial charge in [-0.25, -0.2) is 4.79 Å². The van der Waals surface area contributed by atoms with Gasteiger partial charge in [-0.1, -0.05) is 30.3 Å². The lowest BCUT2D eigenvalue weighted by molar-refractivity contribution is -0.130. The zero-order chi connectivity index (χ0) is 12.8. The van der Waals surface area contributed by atoms with Crippen LogP contribution in [0.4, 0.5) is 0 Å². The van der Waals surface area contributed by atoms with Gasteiger partial charge in [-0.3, -0.25) is 4.90 Å². The highest BCUT2D eigenvalue weighted by atomic mass is 16.5. The van der Waals surface area contributed by atoms with Crippen molar-refractivity contribution in [2.45, 2.75) is 13.2 Å². The molecule has 0 heterocycles. The molecule has 17 heavy (non-hydrogen) atoms. The molecule has 1 aromatic rings. The number of hydrogen-bond donors (Lipinski definition) is 1. The Hall–Kier alpha value is -1.81. The molecule has 0 amide bonds. The number of rotatable bonds is 5. The Morgan fingerprint density at radius 2 is 1.94 bits per heavy atom. The van der Waals surface area contributed by atoms with Crippen LogP contribution < -0.4 is 0 Å². The number of carboxylic acid groups (broad SMARTS) is 1. The van der Waals surface area contributed by atoms with Gasteiger partial charge >= 0.3 is 5.97 Å². The normalized spacial score (nSPS) is 13.5. The molecule has 1 rings (SSSR count). The van der Waals surface area contributed by atoms with E-state index in [9.17, 15) is 4.79 Å². The minimum Gasteiger partial charge on any atom is -0.482 e. The minimum absolute atomic E-state index is 0.152. The van der Waals surface area contributed by atoms with Crippen LogP contribution in [0.2, 0.25) is 0 Å². The maximum absolute atomic E-state index is 11.1. The van der Waals surface area contributed by atoms with Crippen LogP contribution in [-0.2, 0) is 9.53 Å². The Balaban J connectivity index is 2.88. The zero-order valence-electron chi connectivity index (χ0n) is 10.3. The lowest BCUT2D eigenvalue weighted by Crippen LogP contribution is -2.25. The Morgan fingerprint density at radius 1 is 1.35 bits per heavy atom. The van der Waals surface area contributed by atoms with Crippen molar-refractivity contribution in [3.8, 4) is 0 Å². The van der Waals surface area contributed by atoms with E-state index in [0.717, 1.165) is 0 Å². The summed E-state index contributed by atoms with van der Waals surface area (Å²) in [7, 11) is 3.73. The van der Waals surface area contributed by atoms with Gasteiger partial charge in [0.05, 0.1) is 0 Å². The van der Waals surface area contributed by atoms with Crippen LogP contribution in [0.25, 0.3) is 5.57 Å². The Kier molecular flexibility index (Phi) is 4.72. The first-order chi connectivity index (χ1) is 8.02. The van der Waals surface area contributed by atoms with E-state index < -0.39 is 5.97 Å². The largest absolute Gasteiger partial charge is 0.482 e. The second kappa shape index (κ2) is 6.06. The standard InChI is InChI=1S/C13H17NO3/c1-10(14(2)3)17-9-12(13(15)16)11-7-5-4-6-8-11/h4-10H,1-3H3,(H,15,16). The van der Waals surface area contributed by atoms with Crippen molar-refractivity contribution in [3.05, 3.63) is 42.2 Å². The summed E-state index contributed by atoms with van der Waals surface area (Å²) in [6.45, 7) is 1.85. The smallest absolute Gasteiger partial charge is 0.339 e. The monoisotopic (exact) mass is 235 g/mol. The highest BCUT2D eigenvalue weighted by Gasteiger charge is 2.11. The van der Waals surface area contributed by atoms with E-state index in [0.29, 0.717) is 5.56 Å². The molecule has 92 valence electrons. The van der Waals surface area contributed by atoms with Gasteiger partial charge in [0, 0.05) is 0 Å². The third-order valence-electron chi connectivity index (χ3n) is 2.43. The van der Waals surface area contributed by atoms with Crippen LogP contribution >= 0.6 is 0 Å². The van der Waals surface area contributed by atoms with Crippen molar-refractivity contribution >= 4 is 11.5 Å². The molecule has 1 N–H and O–H groups in total. The minimum atomic E-state index is -0.998. The number of aliphatic carboxylic acids is 1. The van der Waals surface area contributed by atoms with Crippen molar-refractivity contribution in [1.82, 2.24) is 4.90 Å². The van der Waals surface area contributed by atoms with Crippen molar-refractivity contribution in [2.24, 2.45) is 0 Å². The van der Waals surface area contributed by atoms with Crippen molar-refractivity contribution in [3.63, 3.8) is 0 Å². The van der Waals surface area contributed by atoms with Gasteiger partial charge in [0.25, 0.3) is 0 Å². The average molecular weight is 235 g/mol. The van der Waals surface area contributed by atoms with Crippen LogP contribution in [0.1, 0.15) is 12.5 Å². The lowest BCUT2D eigenvalue weighted by atomic mass is 10.1. The summed E-state index contributed by atoms with van der Waals surface area (Å²) in [6.07, 6.45) is 1.12. The molecule has 4 nitrogen and oxygen atoms in total. The number of nitrogens with zero attached hydrogens (tertiary/aromatic N) is 1. The van der Waals surface area contributed by atoms with Gasteiger partial charge in [0.1, 0.15) is 18.1 Å². The maximum atomic E-state index is 11.1. The molecule has 0 saturated heterocycles. The number of carboxylic acids is 1. The molecular weight excluding hydrogens is 218 g/mol. The molecule has 0 saturated carbocycles. The fraction of sp³-hybridized carbons (Fsp3) is 0.308. The molecule has 1 atom stereocenters. The summed E-state index contributed by atoms with van der Waals surface area (Å²) < 4.78 is 5.36. The van der Waals surface area contributed by atoms with Gasteiger partial charge < -0.3 is 9.84 Å². The van der Waals surface area contributed by atoms with E-state index in [1.165, 1.54) is 6.26 Å². The molecular formula is C13H17NO3. The predicted octanol–water partition coefficient (Wildman–Crippen LogP) is 2.04. The third-order valence-corrected chi connectivity index (χ3v) is 2.43. The molecule has 1 unspecified atom stereocenters. The molecule has 4 heteroatoms. The van der Waals surface area contributed by atoms with E-state index in [1.807, 2.05) is 32.0 Å². The summed E-state index contributed by atoms with van der Waals surface area (Å²) in [5.41, 5.74) is 0.783. The van der Waals surface area contributed by atoms with Gasteiger partial charge in [0.15, 0.2) is 0 Å². The van der Waals surface area contributed by atoms with Crippen molar-refractivity contribution in [1.29, 1.82) is 0 Å². The average Bonchev–Trinajstić information content (AvgIpc) is 2.29.